The van der Waals surface area contributed by atoms with Gasteiger partial charge in [0.25, 0.3) is 0 Å². The molecule has 90 valence electrons. The van der Waals surface area contributed by atoms with Gasteiger partial charge in [0.2, 0.25) is 0 Å². The van der Waals surface area contributed by atoms with E-state index in [9.17, 15) is 0 Å². The van der Waals surface area contributed by atoms with E-state index >= 15 is 0 Å². The molecule has 0 aromatic carbocycles. The number of nitrogens with zero attached hydrogens (tertiary/aromatic N) is 1. The average Bonchev–Trinajstić information content (AvgIpc) is 3.06. The Morgan fingerprint density at radius 1 is 1.53 bits per heavy atom. The third-order valence-electron chi connectivity index (χ3n) is 2.99. The summed E-state index contributed by atoms with van der Waals surface area (Å²) in [5.74, 6) is 0. The standard InChI is InChI=1S/C11H24N2O2/c1-12-10(5-7-14)9-13(6-8-15-2)11-3-4-11/h10-12,14H,3-9H2,1-2H3. The van der Waals surface area contributed by atoms with Crippen molar-refractivity contribution in [3.63, 3.8) is 0 Å². The second-order valence-corrected chi connectivity index (χ2v) is 4.22. The summed E-state index contributed by atoms with van der Waals surface area (Å²) in [5, 5.41) is 12.2. The number of aliphatic hydroxyl groups is 1. The molecule has 2 N–H and O–H groups in total. The van der Waals surface area contributed by atoms with E-state index in [1.54, 1.807) is 7.11 Å². The van der Waals surface area contributed by atoms with Gasteiger partial charge in [-0.05, 0) is 26.3 Å². The van der Waals surface area contributed by atoms with Gasteiger partial charge in [0.05, 0.1) is 6.61 Å². The molecule has 1 unspecified atom stereocenters. The van der Waals surface area contributed by atoms with Crippen LogP contribution in [0.1, 0.15) is 19.3 Å². The highest BCUT2D eigenvalue weighted by atomic mass is 16.5. The molecule has 0 radical (unpaired) electrons. The van der Waals surface area contributed by atoms with Gasteiger partial charge in [-0.25, -0.2) is 0 Å². The average molecular weight is 216 g/mol. The fourth-order valence-electron chi connectivity index (χ4n) is 1.84. The van der Waals surface area contributed by atoms with Gasteiger partial charge in [-0.3, -0.25) is 4.90 Å². The smallest absolute Gasteiger partial charge is 0.0589 e. The van der Waals surface area contributed by atoms with Crippen molar-refractivity contribution in [2.24, 2.45) is 0 Å². The van der Waals surface area contributed by atoms with Crippen molar-refractivity contribution in [3.8, 4) is 0 Å². The molecule has 0 bridgehead atoms. The van der Waals surface area contributed by atoms with Gasteiger partial charge in [-0.1, -0.05) is 0 Å². The summed E-state index contributed by atoms with van der Waals surface area (Å²) in [6, 6.07) is 1.15. The third-order valence-corrected chi connectivity index (χ3v) is 2.99. The molecule has 4 nitrogen and oxygen atoms in total. The summed E-state index contributed by atoms with van der Waals surface area (Å²) < 4.78 is 5.11. The first kappa shape index (κ1) is 12.9. The molecule has 0 heterocycles. The Labute approximate surface area is 92.6 Å². The van der Waals surface area contributed by atoms with Crippen molar-refractivity contribution in [1.29, 1.82) is 0 Å². The third kappa shape index (κ3) is 4.93. The Morgan fingerprint density at radius 2 is 2.27 bits per heavy atom. The topological polar surface area (TPSA) is 44.7 Å². The SMILES string of the molecule is CNC(CCO)CN(CCOC)C1CC1. The molecule has 0 saturated heterocycles. The van der Waals surface area contributed by atoms with Crippen LogP contribution in [0.25, 0.3) is 0 Å². The molecule has 4 heteroatoms. The lowest BCUT2D eigenvalue weighted by Gasteiger charge is -2.26. The minimum Gasteiger partial charge on any atom is -0.396 e. The van der Waals surface area contributed by atoms with Crippen LogP contribution in [-0.2, 0) is 4.74 Å². The van der Waals surface area contributed by atoms with E-state index < -0.39 is 0 Å². The maximum absolute atomic E-state index is 8.93. The van der Waals surface area contributed by atoms with Gasteiger partial charge >= 0.3 is 0 Å². The number of hydrogen-bond donors (Lipinski definition) is 2. The molecule has 0 aromatic rings. The number of methoxy groups -OCH3 is 1. The van der Waals surface area contributed by atoms with Crippen LogP contribution >= 0.6 is 0 Å². The van der Waals surface area contributed by atoms with E-state index in [1.165, 1.54) is 12.8 Å². The summed E-state index contributed by atoms with van der Waals surface area (Å²) in [6.07, 6.45) is 3.46. The number of ether oxygens (including phenoxy) is 1. The zero-order chi connectivity index (χ0) is 11.1. The first-order valence-corrected chi connectivity index (χ1v) is 5.83. The van der Waals surface area contributed by atoms with Gasteiger partial charge in [0.15, 0.2) is 0 Å². The monoisotopic (exact) mass is 216 g/mol. The van der Waals surface area contributed by atoms with Gasteiger partial charge in [-0.15, -0.1) is 0 Å². The Kier molecular flexibility index (Phi) is 6.17. The molecular formula is C11H24N2O2. The van der Waals surface area contributed by atoms with Crippen molar-refractivity contribution in [1.82, 2.24) is 10.2 Å². The van der Waals surface area contributed by atoms with Crippen molar-refractivity contribution < 1.29 is 9.84 Å². The summed E-state index contributed by atoms with van der Waals surface area (Å²) >= 11 is 0. The fourth-order valence-corrected chi connectivity index (χ4v) is 1.84. The quantitative estimate of drug-likeness (QED) is 0.572. The summed E-state index contributed by atoms with van der Waals surface area (Å²) in [4.78, 5) is 2.47. The molecule has 1 fully saturated rings. The predicted octanol–water partition coefficient (Wildman–Crippen LogP) is 0.0676. The van der Waals surface area contributed by atoms with Crippen molar-refractivity contribution in [2.45, 2.75) is 31.3 Å². The Balaban J connectivity index is 2.27. The normalized spacial score (nSPS) is 18.4. The first-order valence-electron chi connectivity index (χ1n) is 5.83. The lowest BCUT2D eigenvalue weighted by atomic mass is 10.2. The van der Waals surface area contributed by atoms with Crippen molar-refractivity contribution in [3.05, 3.63) is 0 Å². The van der Waals surface area contributed by atoms with Gasteiger partial charge in [-0.2, -0.15) is 0 Å². The number of hydrogen-bond acceptors (Lipinski definition) is 4. The molecular weight excluding hydrogens is 192 g/mol. The lowest BCUT2D eigenvalue weighted by molar-refractivity contribution is 0.132. The maximum Gasteiger partial charge on any atom is 0.0589 e. The number of aliphatic hydroxyl groups excluding tert-OH is 1. The molecule has 15 heavy (non-hydrogen) atoms. The van der Waals surface area contributed by atoms with Gasteiger partial charge < -0.3 is 15.2 Å². The van der Waals surface area contributed by atoms with E-state index in [1.807, 2.05) is 7.05 Å². The lowest BCUT2D eigenvalue weighted by Crippen LogP contribution is -2.42. The van der Waals surface area contributed by atoms with Crippen LogP contribution < -0.4 is 5.32 Å². The summed E-state index contributed by atoms with van der Waals surface area (Å²) in [6.45, 7) is 3.08. The molecule has 1 rings (SSSR count). The summed E-state index contributed by atoms with van der Waals surface area (Å²) in [5.41, 5.74) is 0. The predicted molar refractivity (Wildman–Crippen MR) is 61.0 cm³/mol. The highest BCUT2D eigenvalue weighted by Gasteiger charge is 2.29. The van der Waals surface area contributed by atoms with E-state index in [0.29, 0.717) is 6.04 Å². The van der Waals surface area contributed by atoms with E-state index in [-0.39, 0.29) is 6.61 Å². The van der Waals surface area contributed by atoms with Crippen LogP contribution in [0.2, 0.25) is 0 Å². The molecule has 1 aliphatic rings. The molecule has 0 spiro atoms. The van der Waals surface area contributed by atoms with Crippen LogP contribution in [-0.4, -0.2) is 62.6 Å². The molecule has 0 amide bonds. The first-order chi connectivity index (χ1) is 7.31. The van der Waals surface area contributed by atoms with Crippen LogP contribution in [0.3, 0.4) is 0 Å². The minimum atomic E-state index is 0.258. The molecule has 0 aliphatic heterocycles. The van der Waals surface area contributed by atoms with Crippen LogP contribution in [0.5, 0.6) is 0 Å². The second kappa shape index (κ2) is 7.17. The van der Waals surface area contributed by atoms with E-state index in [4.69, 9.17) is 9.84 Å². The zero-order valence-corrected chi connectivity index (χ0v) is 9.91. The zero-order valence-electron chi connectivity index (χ0n) is 9.91. The fraction of sp³-hybridized carbons (Fsp3) is 1.00. The van der Waals surface area contributed by atoms with Gasteiger partial charge in [0.1, 0.15) is 0 Å². The molecule has 1 atom stereocenters. The highest BCUT2D eigenvalue weighted by Crippen LogP contribution is 2.26. The largest absolute Gasteiger partial charge is 0.396 e. The van der Waals surface area contributed by atoms with Crippen LogP contribution in [0, 0.1) is 0 Å². The molecule has 1 saturated carbocycles. The van der Waals surface area contributed by atoms with Crippen molar-refractivity contribution >= 4 is 0 Å². The van der Waals surface area contributed by atoms with Crippen LogP contribution in [0.4, 0.5) is 0 Å². The Hall–Kier alpha value is -0.160. The van der Waals surface area contributed by atoms with Crippen LogP contribution in [0.15, 0.2) is 0 Å². The number of nitrogens with one attached hydrogen (secondary N) is 1. The Bertz CT molecular complexity index is 163. The van der Waals surface area contributed by atoms with Crippen molar-refractivity contribution in [2.75, 3.05) is 40.5 Å². The highest BCUT2D eigenvalue weighted by molar-refractivity contribution is 4.86. The molecule has 0 aromatic heterocycles. The summed E-state index contributed by atoms with van der Waals surface area (Å²) in [7, 11) is 3.70. The van der Waals surface area contributed by atoms with E-state index in [0.717, 1.165) is 32.2 Å². The Morgan fingerprint density at radius 3 is 2.73 bits per heavy atom. The number of rotatable bonds is 9. The minimum absolute atomic E-state index is 0.258. The number of likely N-dealkylation sites (N-methyl/N-ethyl adjacent to an activating group) is 1. The van der Waals surface area contributed by atoms with E-state index in [2.05, 4.69) is 10.2 Å². The second-order valence-electron chi connectivity index (χ2n) is 4.22. The maximum atomic E-state index is 8.93. The van der Waals surface area contributed by atoms with Gasteiger partial charge in [0, 0.05) is 38.9 Å². The molecule has 1 aliphatic carbocycles.